The third-order valence-electron chi connectivity index (χ3n) is 4.74. The number of benzene rings is 2. The van der Waals surface area contributed by atoms with Crippen LogP contribution in [0.15, 0.2) is 60.7 Å². The van der Waals surface area contributed by atoms with Gasteiger partial charge in [-0.2, -0.15) is 0 Å². The Morgan fingerprint density at radius 1 is 0.692 bits per heavy atom. The topological polar surface area (TPSA) is 74.6 Å². The second-order valence-corrected chi connectivity index (χ2v) is 6.66. The number of unbranched alkanes of at least 4 members (excludes halogenated alkanes) is 2. The van der Waals surface area contributed by atoms with Crippen molar-refractivity contribution in [3.8, 4) is 0 Å². The molecule has 26 heavy (non-hydrogen) atoms. The van der Waals surface area contributed by atoms with Gasteiger partial charge in [0.25, 0.3) is 0 Å². The molecule has 0 saturated heterocycles. The summed E-state index contributed by atoms with van der Waals surface area (Å²) in [5.41, 5.74) is 2.13. The van der Waals surface area contributed by atoms with E-state index in [1.54, 1.807) is 0 Å². The highest BCUT2D eigenvalue weighted by molar-refractivity contribution is 5.80. The summed E-state index contributed by atoms with van der Waals surface area (Å²) in [5, 5.41) is 19.1. The van der Waals surface area contributed by atoms with Gasteiger partial charge in [-0.3, -0.25) is 9.59 Å². The zero-order chi connectivity index (χ0) is 18.8. The Morgan fingerprint density at radius 2 is 1.23 bits per heavy atom. The van der Waals surface area contributed by atoms with E-state index in [4.69, 9.17) is 0 Å². The highest BCUT2D eigenvalue weighted by atomic mass is 16.4. The average Bonchev–Trinajstić information content (AvgIpc) is 2.64. The van der Waals surface area contributed by atoms with Crippen LogP contribution in [0, 0.1) is 11.8 Å². The molecule has 0 spiro atoms. The Labute approximate surface area is 154 Å². The van der Waals surface area contributed by atoms with Gasteiger partial charge in [-0.1, -0.05) is 73.5 Å². The number of carboxylic acids is 2. The highest BCUT2D eigenvalue weighted by Gasteiger charge is 2.33. The van der Waals surface area contributed by atoms with Crippen molar-refractivity contribution in [2.24, 2.45) is 11.8 Å². The summed E-state index contributed by atoms with van der Waals surface area (Å²) in [6.45, 7) is 0. The third kappa shape index (κ3) is 6.36. The Hall–Kier alpha value is -2.62. The number of aliphatic carboxylic acids is 2. The number of hydrogen-bond donors (Lipinski definition) is 2. The fourth-order valence-electron chi connectivity index (χ4n) is 3.28. The van der Waals surface area contributed by atoms with Gasteiger partial charge in [-0.15, -0.1) is 0 Å². The summed E-state index contributed by atoms with van der Waals surface area (Å²) in [7, 11) is 0. The van der Waals surface area contributed by atoms with E-state index in [0.717, 1.165) is 31.2 Å². The normalized spacial score (nSPS) is 13.1. The molecule has 2 aromatic carbocycles. The number of hydrogen-bond acceptors (Lipinski definition) is 2. The first-order valence-corrected chi connectivity index (χ1v) is 9.11. The molecule has 0 amide bonds. The molecule has 0 heterocycles. The molecule has 0 aliphatic heterocycles. The lowest BCUT2D eigenvalue weighted by atomic mass is 9.83. The maximum Gasteiger partial charge on any atom is 0.307 e. The van der Waals surface area contributed by atoms with Crippen LogP contribution in [0.25, 0.3) is 0 Å². The lowest BCUT2D eigenvalue weighted by Crippen LogP contribution is -2.31. The van der Waals surface area contributed by atoms with Crippen LogP contribution in [0.3, 0.4) is 0 Å². The molecule has 0 aliphatic carbocycles. The molecule has 2 N–H and O–H groups in total. The minimum Gasteiger partial charge on any atom is -0.481 e. The van der Waals surface area contributed by atoms with Crippen LogP contribution in [-0.4, -0.2) is 22.2 Å². The van der Waals surface area contributed by atoms with E-state index < -0.39 is 23.8 Å². The molecule has 0 radical (unpaired) electrons. The van der Waals surface area contributed by atoms with Gasteiger partial charge in [0.1, 0.15) is 0 Å². The molecule has 2 aromatic rings. The summed E-state index contributed by atoms with van der Waals surface area (Å²) in [6, 6.07) is 19.4. The molecule has 2 rings (SSSR count). The summed E-state index contributed by atoms with van der Waals surface area (Å²) >= 11 is 0. The summed E-state index contributed by atoms with van der Waals surface area (Å²) < 4.78 is 0. The zero-order valence-electron chi connectivity index (χ0n) is 14.9. The van der Waals surface area contributed by atoms with E-state index in [9.17, 15) is 19.8 Å². The van der Waals surface area contributed by atoms with Gasteiger partial charge in [0.15, 0.2) is 0 Å². The molecule has 0 bridgehead atoms. The largest absolute Gasteiger partial charge is 0.481 e. The van der Waals surface area contributed by atoms with Crippen LogP contribution in [-0.2, 0) is 22.4 Å². The van der Waals surface area contributed by atoms with Gasteiger partial charge in [0.2, 0.25) is 0 Å². The van der Waals surface area contributed by atoms with Gasteiger partial charge >= 0.3 is 11.9 Å². The molecule has 0 saturated carbocycles. The van der Waals surface area contributed by atoms with E-state index >= 15 is 0 Å². The zero-order valence-corrected chi connectivity index (χ0v) is 14.9. The van der Waals surface area contributed by atoms with Crippen molar-refractivity contribution in [1.82, 2.24) is 0 Å². The summed E-state index contributed by atoms with van der Waals surface area (Å²) in [6.07, 6.45) is 4.21. The first-order chi connectivity index (χ1) is 12.6. The molecular formula is C22H26O4. The van der Waals surface area contributed by atoms with E-state index in [2.05, 4.69) is 12.1 Å². The van der Waals surface area contributed by atoms with Crippen LogP contribution in [0.4, 0.5) is 0 Å². The van der Waals surface area contributed by atoms with Crippen LogP contribution in [0.1, 0.15) is 36.8 Å². The third-order valence-corrected chi connectivity index (χ3v) is 4.74. The Kier molecular flexibility index (Phi) is 7.87. The fraction of sp³-hybridized carbons (Fsp3) is 0.364. The van der Waals surface area contributed by atoms with Gasteiger partial charge in [-0.25, -0.2) is 0 Å². The standard InChI is InChI=1S/C22H26O4/c23-21(24)19(15-9-3-6-12-17-10-4-1-5-11-17)20(22(25)26)16-18-13-7-2-8-14-18/h1-2,4-5,7-8,10-11,13-14,19-20H,3,6,9,12,15-16H2,(H,23,24)(H,25,26)/t19-,20+/m1/s1. The van der Waals surface area contributed by atoms with Crippen molar-refractivity contribution < 1.29 is 19.8 Å². The van der Waals surface area contributed by atoms with Crippen molar-refractivity contribution in [2.75, 3.05) is 0 Å². The molecule has 0 unspecified atom stereocenters. The minimum absolute atomic E-state index is 0.247. The van der Waals surface area contributed by atoms with Gasteiger partial charge in [0.05, 0.1) is 11.8 Å². The van der Waals surface area contributed by atoms with Crippen LogP contribution in [0.5, 0.6) is 0 Å². The number of rotatable bonds is 11. The predicted molar refractivity (Wildman–Crippen MR) is 101 cm³/mol. The lowest BCUT2D eigenvalue weighted by molar-refractivity contribution is -0.154. The molecule has 0 aromatic heterocycles. The van der Waals surface area contributed by atoms with E-state index in [1.807, 2.05) is 48.5 Å². The number of carbonyl (C=O) groups is 2. The molecule has 138 valence electrons. The fourth-order valence-corrected chi connectivity index (χ4v) is 3.28. The van der Waals surface area contributed by atoms with Crippen molar-refractivity contribution >= 4 is 11.9 Å². The Bertz CT molecular complexity index is 682. The molecule has 0 aliphatic rings. The van der Waals surface area contributed by atoms with Crippen molar-refractivity contribution in [1.29, 1.82) is 0 Å². The molecule has 0 fully saturated rings. The van der Waals surface area contributed by atoms with Crippen molar-refractivity contribution in [3.05, 3.63) is 71.8 Å². The molecule has 2 atom stereocenters. The van der Waals surface area contributed by atoms with Gasteiger partial charge < -0.3 is 10.2 Å². The predicted octanol–water partition coefficient (Wildman–Crippen LogP) is 4.43. The maximum absolute atomic E-state index is 11.7. The van der Waals surface area contributed by atoms with Crippen LogP contribution >= 0.6 is 0 Å². The van der Waals surface area contributed by atoms with Crippen LogP contribution < -0.4 is 0 Å². The second-order valence-electron chi connectivity index (χ2n) is 6.66. The van der Waals surface area contributed by atoms with Crippen LogP contribution in [0.2, 0.25) is 0 Å². The van der Waals surface area contributed by atoms with E-state index in [1.165, 1.54) is 5.56 Å². The quantitative estimate of drug-likeness (QED) is 0.585. The highest BCUT2D eigenvalue weighted by Crippen LogP contribution is 2.24. The monoisotopic (exact) mass is 354 g/mol. The second kappa shape index (κ2) is 10.4. The molecule has 4 heteroatoms. The van der Waals surface area contributed by atoms with Gasteiger partial charge in [-0.05, 0) is 36.8 Å². The first-order valence-electron chi connectivity index (χ1n) is 9.11. The molecular weight excluding hydrogens is 328 g/mol. The maximum atomic E-state index is 11.7. The smallest absolute Gasteiger partial charge is 0.307 e. The van der Waals surface area contributed by atoms with Crippen molar-refractivity contribution in [3.63, 3.8) is 0 Å². The summed E-state index contributed by atoms with van der Waals surface area (Å²) in [5.74, 6) is -3.81. The lowest BCUT2D eigenvalue weighted by Gasteiger charge is -2.20. The average molecular weight is 354 g/mol. The minimum atomic E-state index is -1.04. The Balaban J connectivity index is 1.87. The molecule has 4 nitrogen and oxygen atoms in total. The van der Waals surface area contributed by atoms with E-state index in [0.29, 0.717) is 6.42 Å². The van der Waals surface area contributed by atoms with E-state index in [-0.39, 0.29) is 6.42 Å². The van der Waals surface area contributed by atoms with Crippen molar-refractivity contribution in [2.45, 2.75) is 38.5 Å². The number of aryl methyl sites for hydroxylation is 1. The summed E-state index contributed by atoms with van der Waals surface area (Å²) in [4.78, 5) is 23.3. The first kappa shape index (κ1) is 19.7. The van der Waals surface area contributed by atoms with Gasteiger partial charge in [0, 0.05) is 0 Å². The Morgan fingerprint density at radius 3 is 1.77 bits per heavy atom. The SMILES string of the molecule is O=C(O)[C@@H](Cc1ccccc1)[C@@H](CCCCCc1ccccc1)C(=O)O. The number of carboxylic acid groups (broad SMARTS) is 2.